The second kappa shape index (κ2) is 5.48. The number of aliphatic hydroxyl groups is 1. The summed E-state index contributed by atoms with van der Waals surface area (Å²) in [4.78, 5) is 0. The first-order valence-corrected chi connectivity index (χ1v) is 9.04. The van der Waals surface area contributed by atoms with Gasteiger partial charge in [-0.2, -0.15) is 5.10 Å². The number of aliphatic hydroxyl groups excluding tert-OH is 1. The number of aromatic nitrogens is 2. The molecule has 1 aromatic rings. The van der Waals surface area contributed by atoms with Crippen molar-refractivity contribution in [2.24, 2.45) is 13.0 Å². The molecular weight excluding hydrogens is 276 g/mol. The molecule has 5 nitrogen and oxygen atoms in total. The van der Waals surface area contributed by atoms with Crippen molar-refractivity contribution in [3.05, 3.63) is 17.0 Å². The fraction of sp³-hybridized carbons (Fsp3) is 0.786. The van der Waals surface area contributed by atoms with Crippen LogP contribution in [0.2, 0.25) is 0 Å². The standard InChI is InChI=1S/C14H24N2O3S/c1-9-13(10(2)16(3)15-9)14(17)11-6-5-7-12(8-11)20(4,18)19/h11-12,14,17H,5-8H2,1-4H3. The first kappa shape index (κ1) is 15.5. The number of rotatable bonds is 3. The number of sulfone groups is 1. The fourth-order valence-corrected chi connectivity index (χ4v) is 4.50. The molecule has 3 unspecified atom stereocenters. The van der Waals surface area contributed by atoms with Crippen LogP contribution in [0.1, 0.15) is 48.7 Å². The minimum atomic E-state index is -3.02. The third kappa shape index (κ3) is 2.91. The lowest BCUT2D eigenvalue weighted by Gasteiger charge is -2.31. The van der Waals surface area contributed by atoms with Crippen LogP contribution in [0.15, 0.2) is 0 Å². The molecule has 1 aromatic heterocycles. The molecule has 1 N–H and O–H groups in total. The van der Waals surface area contributed by atoms with E-state index in [-0.39, 0.29) is 11.2 Å². The van der Waals surface area contributed by atoms with Crippen molar-refractivity contribution in [3.63, 3.8) is 0 Å². The summed E-state index contributed by atoms with van der Waals surface area (Å²) in [7, 11) is -1.16. The lowest BCUT2D eigenvalue weighted by molar-refractivity contribution is 0.0845. The third-order valence-electron chi connectivity index (χ3n) is 4.58. The van der Waals surface area contributed by atoms with E-state index in [1.165, 1.54) is 6.26 Å². The zero-order valence-electron chi connectivity index (χ0n) is 12.6. The van der Waals surface area contributed by atoms with Crippen molar-refractivity contribution >= 4 is 9.84 Å². The van der Waals surface area contributed by atoms with Gasteiger partial charge in [0.25, 0.3) is 0 Å². The molecule has 1 aliphatic rings. The molecule has 0 aromatic carbocycles. The molecule has 0 spiro atoms. The average Bonchev–Trinajstić information content (AvgIpc) is 2.62. The van der Waals surface area contributed by atoms with Crippen LogP contribution >= 0.6 is 0 Å². The van der Waals surface area contributed by atoms with Gasteiger partial charge >= 0.3 is 0 Å². The molecule has 1 aliphatic carbocycles. The van der Waals surface area contributed by atoms with Crippen molar-refractivity contribution in [1.82, 2.24) is 9.78 Å². The molecule has 1 heterocycles. The Hall–Kier alpha value is -0.880. The van der Waals surface area contributed by atoms with Crippen molar-refractivity contribution in [2.75, 3.05) is 6.26 Å². The predicted octanol–water partition coefficient (Wildman–Crippen LogP) is 1.67. The number of nitrogens with zero attached hydrogens (tertiary/aromatic N) is 2. The van der Waals surface area contributed by atoms with E-state index >= 15 is 0 Å². The topological polar surface area (TPSA) is 72.2 Å². The van der Waals surface area contributed by atoms with Crippen LogP contribution in [0.5, 0.6) is 0 Å². The normalized spacial score (nSPS) is 25.6. The maximum absolute atomic E-state index is 11.7. The highest BCUT2D eigenvalue weighted by atomic mass is 32.2. The minimum absolute atomic E-state index is 0.00470. The molecule has 20 heavy (non-hydrogen) atoms. The first-order chi connectivity index (χ1) is 9.21. The molecule has 3 atom stereocenters. The molecule has 0 saturated heterocycles. The van der Waals surface area contributed by atoms with Gasteiger partial charge in [0.2, 0.25) is 0 Å². The monoisotopic (exact) mass is 300 g/mol. The van der Waals surface area contributed by atoms with Crippen LogP contribution in [0.25, 0.3) is 0 Å². The van der Waals surface area contributed by atoms with E-state index in [4.69, 9.17) is 0 Å². The molecule has 6 heteroatoms. The lowest BCUT2D eigenvalue weighted by Crippen LogP contribution is -2.30. The van der Waals surface area contributed by atoms with E-state index in [0.29, 0.717) is 12.8 Å². The Bertz CT molecular complexity index is 592. The summed E-state index contributed by atoms with van der Waals surface area (Å²) in [5, 5.41) is 14.7. The van der Waals surface area contributed by atoms with Gasteiger partial charge in [0.05, 0.1) is 17.0 Å². The van der Waals surface area contributed by atoms with E-state index in [0.717, 1.165) is 29.8 Å². The minimum Gasteiger partial charge on any atom is -0.388 e. The Labute approximate surface area is 120 Å². The van der Waals surface area contributed by atoms with Crippen LogP contribution < -0.4 is 0 Å². The quantitative estimate of drug-likeness (QED) is 0.921. The summed E-state index contributed by atoms with van der Waals surface area (Å²) in [5.41, 5.74) is 2.65. The zero-order valence-corrected chi connectivity index (χ0v) is 13.4. The Morgan fingerprint density at radius 2 is 2.00 bits per heavy atom. The molecule has 2 rings (SSSR count). The van der Waals surface area contributed by atoms with E-state index in [1.807, 2.05) is 20.9 Å². The van der Waals surface area contributed by atoms with Gasteiger partial charge in [-0.15, -0.1) is 0 Å². The van der Waals surface area contributed by atoms with Crippen molar-refractivity contribution in [2.45, 2.75) is 50.9 Å². The van der Waals surface area contributed by atoms with Crippen LogP contribution in [-0.2, 0) is 16.9 Å². The van der Waals surface area contributed by atoms with Crippen LogP contribution in [0, 0.1) is 19.8 Å². The Kier molecular flexibility index (Phi) is 4.25. The van der Waals surface area contributed by atoms with E-state index in [2.05, 4.69) is 5.10 Å². The van der Waals surface area contributed by atoms with Gasteiger partial charge in [0.1, 0.15) is 9.84 Å². The molecule has 1 saturated carbocycles. The molecular formula is C14H24N2O3S. The van der Waals surface area contributed by atoms with Crippen LogP contribution in [0.3, 0.4) is 0 Å². The predicted molar refractivity (Wildman–Crippen MR) is 78.2 cm³/mol. The molecule has 0 radical (unpaired) electrons. The Morgan fingerprint density at radius 1 is 1.35 bits per heavy atom. The van der Waals surface area contributed by atoms with Gasteiger partial charge in [-0.1, -0.05) is 6.42 Å². The molecule has 114 valence electrons. The summed E-state index contributed by atoms with van der Waals surface area (Å²) in [5.74, 6) is 0.00470. The summed E-state index contributed by atoms with van der Waals surface area (Å²) in [6.07, 6.45) is 3.68. The highest BCUT2D eigenvalue weighted by Crippen LogP contribution is 2.38. The smallest absolute Gasteiger partial charge is 0.150 e. The summed E-state index contributed by atoms with van der Waals surface area (Å²) >= 11 is 0. The van der Waals surface area contributed by atoms with Gasteiger partial charge in [0, 0.05) is 24.6 Å². The van der Waals surface area contributed by atoms with Crippen molar-refractivity contribution in [3.8, 4) is 0 Å². The fourth-order valence-electron chi connectivity index (χ4n) is 3.31. The maximum atomic E-state index is 11.7. The lowest BCUT2D eigenvalue weighted by atomic mass is 9.82. The number of hydrogen-bond donors (Lipinski definition) is 1. The first-order valence-electron chi connectivity index (χ1n) is 7.08. The molecule has 1 fully saturated rings. The molecule has 0 bridgehead atoms. The highest BCUT2D eigenvalue weighted by Gasteiger charge is 2.34. The third-order valence-corrected chi connectivity index (χ3v) is 6.22. The summed E-state index contributed by atoms with van der Waals surface area (Å²) in [6, 6.07) is 0. The Balaban J connectivity index is 2.23. The van der Waals surface area contributed by atoms with E-state index in [9.17, 15) is 13.5 Å². The van der Waals surface area contributed by atoms with Crippen LogP contribution in [-0.4, -0.2) is 34.8 Å². The van der Waals surface area contributed by atoms with Gasteiger partial charge < -0.3 is 5.11 Å². The number of aryl methyl sites for hydroxylation is 2. The highest BCUT2D eigenvalue weighted by molar-refractivity contribution is 7.91. The molecule has 0 aliphatic heterocycles. The second-order valence-electron chi connectivity index (χ2n) is 6.03. The van der Waals surface area contributed by atoms with Gasteiger partial charge in [-0.05, 0) is 39.0 Å². The number of hydrogen-bond acceptors (Lipinski definition) is 4. The SMILES string of the molecule is Cc1nn(C)c(C)c1C(O)C1CCCC(S(C)(=O)=O)C1. The summed E-state index contributed by atoms with van der Waals surface area (Å²) in [6.45, 7) is 3.83. The van der Waals surface area contributed by atoms with Crippen LogP contribution in [0.4, 0.5) is 0 Å². The van der Waals surface area contributed by atoms with Gasteiger partial charge in [-0.25, -0.2) is 8.42 Å². The zero-order chi connectivity index (χ0) is 15.1. The summed E-state index contributed by atoms with van der Waals surface area (Å²) < 4.78 is 25.2. The van der Waals surface area contributed by atoms with E-state index in [1.54, 1.807) is 4.68 Å². The second-order valence-corrected chi connectivity index (χ2v) is 8.36. The van der Waals surface area contributed by atoms with Gasteiger partial charge in [-0.3, -0.25) is 4.68 Å². The van der Waals surface area contributed by atoms with Gasteiger partial charge in [0.15, 0.2) is 0 Å². The van der Waals surface area contributed by atoms with Crippen molar-refractivity contribution < 1.29 is 13.5 Å². The Morgan fingerprint density at radius 3 is 2.50 bits per heavy atom. The molecule has 0 amide bonds. The van der Waals surface area contributed by atoms with Crippen molar-refractivity contribution in [1.29, 1.82) is 0 Å². The average molecular weight is 300 g/mol. The maximum Gasteiger partial charge on any atom is 0.150 e. The van der Waals surface area contributed by atoms with E-state index < -0.39 is 15.9 Å². The largest absolute Gasteiger partial charge is 0.388 e.